The minimum atomic E-state index is -0.500. The highest BCUT2D eigenvalue weighted by atomic mass is 16.3. The van der Waals surface area contributed by atoms with Gasteiger partial charge in [0, 0.05) is 11.9 Å². The Morgan fingerprint density at radius 2 is 1.78 bits per heavy atom. The van der Waals surface area contributed by atoms with E-state index < -0.39 is 6.47 Å². The van der Waals surface area contributed by atoms with Crippen LogP contribution in [0.4, 0.5) is 0 Å². The average Bonchev–Trinajstić information content (AvgIpc) is 2.78. The van der Waals surface area contributed by atoms with E-state index >= 15 is 0 Å². The second-order valence-electron chi connectivity index (χ2n) is 5.54. The molecule has 1 aromatic rings. The van der Waals surface area contributed by atoms with Gasteiger partial charge in [-0.05, 0) is 27.2 Å². The van der Waals surface area contributed by atoms with Gasteiger partial charge in [-0.25, -0.2) is 9.13 Å². The summed E-state index contributed by atoms with van der Waals surface area (Å²) in [5, 5.41) is 8.25. The first-order valence-corrected chi connectivity index (χ1v) is 6.40. The fraction of sp³-hybridized carbons (Fsp3) is 0.714. The minimum absolute atomic E-state index is 0.155. The molecule has 0 radical (unpaired) electrons. The van der Waals surface area contributed by atoms with Crippen molar-refractivity contribution in [2.75, 3.05) is 0 Å². The van der Waals surface area contributed by atoms with Crippen LogP contribution in [0.15, 0.2) is 18.7 Å². The molecule has 1 heterocycles. The van der Waals surface area contributed by atoms with E-state index in [1.807, 2.05) is 0 Å². The Balaban J connectivity index is 0.000000873. The van der Waals surface area contributed by atoms with Gasteiger partial charge in [-0.15, -0.1) is 0 Å². The summed E-state index contributed by atoms with van der Waals surface area (Å²) >= 11 is 0. The SMILES string of the molecule is CC[n+]1ccn(C(C)(C)C(C)(C)CC)c1.O=C[O-]. The van der Waals surface area contributed by atoms with Crippen molar-refractivity contribution in [3.8, 4) is 0 Å². The molecule has 1 aromatic heterocycles. The van der Waals surface area contributed by atoms with Crippen LogP contribution < -0.4 is 9.67 Å². The van der Waals surface area contributed by atoms with Crippen molar-refractivity contribution in [3.05, 3.63) is 18.7 Å². The lowest BCUT2D eigenvalue weighted by Gasteiger charge is -2.38. The third-order valence-corrected chi connectivity index (χ3v) is 4.24. The number of carbonyl (C=O) groups excluding carboxylic acids is 1. The monoisotopic (exact) mass is 254 g/mol. The second kappa shape index (κ2) is 6.57. The van der Waals surface area contributed by atoms with E-state index in [0.717, 1.165) is 6.54 Å². The molecule has 1 rings (SSSR count). The van der Waals surface area contributed by atoms with E-state index in [1.165, 1.54) is 6.42 Å². The smallest absolute Gasteiger partial charge is 0.244 e. The molecule has 0 bridgehead atoms. The van der Waals surface area contributed by atoms with E-state index in [9.17, 15) is 0 Å². The number of aromatic nitrogens is 2. The number of hydrogen-bond donors (Lipinski definition) is 0. The van der Waals surface area contributed by atoms with Gasteiger partial charge in [-0.1, -0.05) is 20.8 Å². The number of hydrogen-bond acceptors (Lipinski definition) is 2. The standard InChI is InChI=1S/C13H25N2.CH2O2/c1-7-12(3,4)13(5,6)15-10-9-14(8-2)11-15;2-1-3/h9-11H,7-8H2,1-6H3;1H,(H,2,3)/q+1;/p-1. The molecule has 0 aromatic carbocycles. The molecule has 0 aliphatic rings. The van der Waals surface area contributed by atoms with Crippen molar-refractivity contribution in [2.45, 2.75) is 60.0 Å². The summed E-state index contributed by atoms with van der Waals surface area (Å²) < 4.78 is 4.55. The van der Waals surface area contributed by atoms with E-state index in [2.05, 4.69) is 69.4 Å². The van der Waals surface area contributed by atoms with Gasteiger partial charge in [0.15, 0.2) is 0 Å². The Bertz CT molecular complexity index is 368. The molecule has 0 fully saturated rings. The quantitative estimate of drug-likeness (QED) is 0.601. The highest BCUT2D eigenvalue weighted by Gasteiger charge is 2.40. The lowest BCUT2D eigenvalue weighted by molar-refractivity contribution is -0.693. The van der Waals surface area contributed by atoms with Gasteiger partial charge in [0.25, 0.3) is 0 Å². The average molecular weight is 254 g/mol. The third kappa shape index (κ3) is 3.59. The van der Waals surface area contributed by atoms with Gasteiger partial charge in [0.05, 0.1) is 6.54 Å². The van der Waals surface area contributed by atoms with Gasteiger partial charge in [-0.3, -0.25) is 0 Å². The molecular formula is C14H26N2O2. The maximum Gasteiger partial charge on any atom is 0.244 e. The van der Waals surface area contributed by atoms with Crippen molar-refractivity contribution in [3.63, 3.8) is 0 Å². The van der Waals surface area contributed by atoms with Crippen LogP contribution >= 0.6 is 0 Å². The first-order chi connectivity index (χ1) is 8.26. The molecule has 0 saturated carbocycles. The number of aryl methyl sites for hydroxylation is 1. The largest absolute Gasteiger partial charge is 0.554 e. The van der Waals surface area contributed by atoms with Crippen LogP contribution in [0.2, 0.25) is 0 Å². The minimum Gasteiger partial charge on any atom is -0.554 e. The fourth-order valence-corrected chi connectivity index (χ4v) is 1.69. The molecule has 0 saturated heterocycles. The molecule has 0 N–H and O–H groups in total. The molecule has 4 heteroatoms. The Kier molecular flexibility index (Phi) is 6.09. The summed E-state index contributed by atoms with van der Waals surface area (Å²) in [6.07, 6.45) is 7.72. The molecule has 0 spiro atoms. The zero-order valence-electron chi connectivity index (χ0n) is 12.4. The molecule has 4 nitrogen and oxygen atoms in total. The van der Waals surface area contributed by atoms with Crippen LogP contribution in [-0.2, 0) is 16.9 Å². The van der Waals surface area contributed by atoms with Gasteiger partial charge in [0.1, 0.15) is 17.9 Å². The predicted octanol–water partition coefficient (Wildman–Crippen LogP) is 1.33. The summed E-state index contributed by atoms with van der Waals surface area (Å²) in [4.78, 5) is 8.25. The topological polar surface area (TPSA) is 48.9 Å². The molecule has 18 heavy (non-hydrogen) atoms. The molecule has 0 atom stereocenters. The summed E-state index contributed by atoms with van der Waals surface area (Å²) in [5.74, 6) is 0. The van der Waals surface area contributed by atoms with Gasteiger partial charge < -0.3 is 9.90 Å². The van der Waals surface area contributed by atoms with Crippen molar-refractivity contribution in [1.29, 1.82) is 0 Å². The number of imidazole rings is 1. The van der Waals surface area contributed by atoms with E-state index in [4.69, 9.17) is 9.90 Å². The zero-order valence-corrected chi connectivity index (χ0v) is 12.4. The maximum absolute atomic E-state index is 8.25. The summed E-state index contributed by atoms with van der Waals surface area (Å²) in [6, 6.07) is 0. The van der Waals surface area contributed by atoms with Crippen molar-refractivity contribution >= 4 is 6.47 Å². The molecular weight excluding hydrogens is 228 g/mol. The third-order valence-electron chi connectivity index (χ3n) is 4.24. The van der Waals surface area contributed by atoms with Gasteiger partial charge >= 0.3 is 0 Å². The first kappa shape index (κ1) is 16.7. The van der Waals surface area contributed by atoms with E-state index in [-0.39, 0.29) is 5.54 Å². The first-order valence-electron chi connectivity index (χ1n) is 6.40. The van der Waals surface area contributed by atoms with Crippen LogP contribution in [0.25, 0.3) is 0 Å². The van der Waals surface area contributed by atoms with Crippen LogP contribution in [-0.4, -0.2) is 11.0 Å². The maximum atomic E-state index is 8.25. The van der Waals surface area contributed by atoms with E-state index in [0.29, 0.717) is 5.41 Å². The van der Waals surface area contributed by atoms with Crippen molar-refractivity contribution in [2.24, 2.45) is 5.41 Å². The Hall–Kier alpha value is -1.32. The second-order valence-corrected chi connectivity index (χ2v) is 5.54. The number of rotatable bonds is 4. The molecule has 0 unspecified atom stereocenters. The van der Waals surface area contributed by atoms with Crippen LogP contribution in [0.3, 0.4) is 0 Å². The Morgan fingerprint density at radius 3 is 2.11 bits per heavy atom. The van der Waals surface area contributed by atoms with Crippen molar-refractivity contribution < 1.29 is 14.5 Å². The fourth-order valence-electron chi connectivity index (χ4n) is 1.69. The molecule has 0 aliphatic carbocycles. The lowest BCUT2D eigenvalue weighted by Crippen LogP contribution is -2.42. The normalized spacial score (nSPS) is 11.7. The van der Waals surface area contributed by atoms with Crippen LogP contribution in [0.1, 0.15) is 48.0 Å². The predicted molar refractivity (Wildman–Crippen MR) is 69.8 cm³/mol. The van der Waals surface area contributed by atoms with Gasteiger partial charge in [0.2, 0.25) is 6.33 Å². The van der Waals surface area contributed by atoms with Crippen molar-refractivity contribution in [1.82, 2.24) is 4.57 Å². The zero-order chi connectivity index (χ0) is 14.4. The summed E-state index contributed by atoms with van der Waals surface area (Å²) in [6.45, 7) is 14.3. The number of nitrogens with zero attached hydrogens (tertiary/aromatic N) is 2. The van der Waals surface area contributed by atoms with Crippen LogP contribution in [0, 0.1) is 5.41 Å². The Labute approximate surface area is 110 Å². The van der Waals surface area contributed by atoms with Gasteiger partial charge in [-0.2, -0.15) is 0 Å². The molecule has 0 aliphatic heterocycles. The summed E-state index contributed by atoms with van der Waals surface area (Å²) in [7, 11) is 0. The van der Waals surface area contributed by atoms with E-state index in [1.54, 1.807) is 0 Å². The Morgan fingerprint density at radius 1 is 1.28 bits per heavy atom. The molecule has 104 valence electrons. The highest BCUT2D eigenvalue weighted by Crippen LogP contribution is 2.39. The number of carboxylic acid groups (broad SMARTS) is 1. The summed E-state index contributed by atoms with van der Waals surface area (Å²) in [5.41, 5.74) is 0.458. The lowest BCUT2D eigenvalue weighted by atomic mass is 9.72. The molecule has 0 amide bonds. The van der Waals surface area contributed by atoms with Crippen LogP contribution in [0.5, 0.6) is 0 Å². The number of carbonyl (C=O) groups is 1. The highest BCUT2D eigenvalue weighted by molar-refractivity contribution is 5.29.